The second-order valence-electron chi connectivity index (χ2n) is 15.2. The maximum absolute atomic E-state index is 5.42. The Bertz CT molecular complexity index is 2510. The second-order valence-corrected chi connectivity index (χ2v) is 18.8. The van der Waals surface area contributed by atoms with Gasteiger partial charge in [-0.05, 0) is 119 Å². The zero-order valence-corrected chi connectivity index (χ0v) is 44.7. The third-order valence-electron chi connectivity index (χ3n) is 10.3. The average Bonchev–Trinajstić information content (AvgIpc) is 3.31. The Labute approximate surface area is 424 Å². The summed E-state index contributed by atoms with van der Waals surface area (Å²) in [4.78, 5) is 29.6. The van der Waals surface area contributed by atoms with E-state index >= 15 is 0 Å². The number of ether oxygens (including phenoxy) is 4. The molecule has 0 N–H and O–H groups in total. The van der Waals surface area contributed by atoms with Gasteiger partial charge in [-0.2, -0.15) is 0 Å². The molecule has 0 atom stereocenters. The molecule has 0 bridgehead atoms. The number of pyridine rings is 2. The zero-order chi connectivity index (χ0) is 49.2. The molecular weight excluding hydrogens is 1010 g/mol. The van der Waals surface area contributed by atoms with Crippen LogP contribution in [0.2, 0.25) is 0 Å². The van der Waals surface area contributed by atoms with Crippen LogP contribution in [0.25, 0.3) is 0 Å². The number of methoxy groups -OCH3 is 4. The van der Waals surface area contributed by atoms with E-state index in [4.69, 9.17) is 89.3 Å². The maximum atomic E-state index is 5.42. The van der Waals surface area contributed by atoms with Gasteiger partial charge in [-0.25, -0.2) is 9.97 Å². The van der Waals surface area contributed by atoms with E-state index in [1.165, 1.54) is 11.1 Å². The molecule has 0 amide bonds. The molecular formula is C51H54Cl4Fe2N6O4. The number of aryl methyl sites for hydroxylation is 4. The molecule has 0 radical (unpaired) electrons. The van der Waals surface area contributed by atoms with E-state index in [0.717, 1.165) is 97.0 Å². The van der Waals surface area contributed by atoms with Crippen molar-refractivity contribution >= 4 is 86.0 Å². The molecule has 0 unspecified atom stereocenters. The van der Waals surface area contributed by atoms with Gasteiger partial charge < -0.3 is 18.9 Å². The molecule has 67 heavy (non-hydrogen) atoms. The van der Waals surface area contributed by atoms with Gasteiger partial charge in [-0.3, -0.25) is 20.0 Å². The van der Waals surface area contributed by atoms with Crippen molar-refractivity contribution in [2.24, 2.45) is 20.0 Å². The van der Waals surface area contributed by atoms with Crippen LogP contribution in [0.1, 0.15) is 83.9 Å². The zero-order valence-electron chi connectivity index (χ0n) is 39.5. The van der Waals surface area contributed by atoms with Crippen LogP contribution < -0.4 is 18.9 Å². The van der Waals surface area contributed by atoms with Crippen molar-refractivity contribution in [1.29, 1.82) is 0 Å². The molecule has 2 heterocycles. The van der Waals surface area contributed by atoms with E-state index in [0.29, 0.717) is 23.0 Å². The second kappa shape index (κ2) is 27.3. The van der Waals surface area contributed by atoms with Crippen molar-refractivity contribution in [3.8, 4) is 23.0 Å². The summed E-state index contributed by atoms with van der Waals surface area (Å²) in [6.07, 6.45) is 0.790. The first kappa shape index (κ1) is 54.9. The first-order chi connectivity index (χ1) is 32.1. The Hall–Kier alpha value is -4.74. The summed E-state index contributed by atoms with van der Waals surface area (Å²) in [6, 6.07) is 31.9. The SMILES string of the molecule is COc1cc(N=C(C)c2cccc(C(C)=Nc3c(C)cc(Cc4cc(C)c(N=C(C)c5cccc(C(C)=Nc6cc(OC)cc(OC)c6)n5)c(C)c4)cc3C)n2)cc(OC)c1.[Cl][Fe][Cl].[Cl][Fe][Cl]. The Morgan fingerprint density at radius 3 is 0.940 bits per heavy atom. The fraction of sp³-hybridized carbons (Fsp3) is 0.255. The predicted octanol–water partition coefficient (Wildman–Crippen LogP) is 14.7. The van der Waals surface area contributed by atoms with Gasteiger partial charge in [0.2, 0.25) is 0 Å². The van der Waals surface area contributed by atoms with E-state index in [9.17, 15) is 0 Å². The average molecular weight is 1070 g/mol. The van der Waals surface area contributed by atoms with Crippen molar-refractivity contribution in [3.63, 3.8) is 0 Å². The molecule has 0 spiro atoms. The Morgan fingerprint density at radius 1 is 0.433 bits per heavy atom. The monoisotopic (exact) mass is 1070 g/mol. The third kappa shape index (κ3) is 16.2. The van der Waals surface area contributed by atoms with Gasteiger partial charge in [0.05, 0.1) is 96.8 Å². The number of aromatic nitrogens is 2. The van der Waals surface area contributed by atoms with Crippen LogP contribution in [0.4, 0.5) is 22.7 Å². The Balaban J connectivity index is 0.00000155. The Kier molecular flexibility index (Phi) is 22.4. The Morgan fingerprint density at radius 2 is 0.687 bits per heavy atom. The van der Waals surface area contributed by atoms with Crippen LogP contribution in [0, 0.1) is 27.7 Å². The van der Waals surface area contributed by atoms with Gasteiger partial charge in [0, 0.05) is 36.4 Å². The van der Waals surface area contributed by atoms with Gasteiger partial charge in [-0.1, -0.05) is 36.4 Å². The van der Waals surface area contributed by atoms with Gasteiger partial charge in [-0.15, -0.1) is 0 Å². The van der Waals surface area contributed by atoms with Crippen molar-refractivity contribution < 1.29 is 45.2 Å². The first-order valence-electron chi connectivity index (χ1n) is 20.6. The quantitative estimate of drug-likeness (QED) is 0.0793. The van der Waals surface area contributed by atoms with Crippen LogP contribution in [0.5, 0.6) is 23.0 Å². The summed E-state index contributed by atoms with van der Waals surface area (Å²) < 4.78 is 21.7. The van der Waals surface area contributed by atoms with Crippen LogP contribution >= 0.6 is 40.4 Å². The molecule has 2 aromatic heterocycles. The molecule has 16 heteroatoms. The summed E-state index contributed by atoms with van der Waals surface area (Å²) in [6.45, 7) is 16.4. The number of aliphatic imine (C=N–C) groups is 4. The number of nitrogens with zero attached hydrogens (tertiary/aromatic N) is 6. The molecule has 4 aromatic carbocycles. The van der Waals surface area contributed by atoms with Crippen molar-refractivity contribution in [2.45, 2.75) is 61.8 Å². The van der Waals surface area contributed by atoms with Crippen LogP contribution in [0.15, 0.2) is 117 Å². The van der Waals surface area contributed by atoms with Crippen LogP contribution in [-0.4, -0.2) is 61.3 Å². The molecule has 0 fully saturated rings. The third-order valence-corrected chi connectivity index (χ3v) is 10.3. The van der Waals surface area contributed by atoms with Crippen LogP contribution in [0.3, 0.4) is 0 Å². The number of hydrogen-bond donors (Lipinski definition) is 0. The van der Waals surface area contributed by atoms with Crippen molar-refractivity contribution in [3.05, 3.63) is 153 Å². The predicted molar refractivity (Wildman–Crippen MR) is 273 cm³/mol. The number of hydrogen-bond acceptors (Lipinski definition) is 10. The van der Waals surface area contributed by atoms with Gasteiger partial charge in [0.15, 0.2) is 0 Å². The van der Waals surface area contributed by atoms with Gasteiger partial charge >= 0.3 is 66.7 Å². The minimum absolute atomic E-state index is 0.194. The summed E-state index contributed by atoms with van der Waals surface area (Å²) >= 11 is 0.389. The van der Waals surface area contributed by atoms with Gasteiger partial charge in [0.1, 0.15) is 23.0 Å². The molecule has 0 saturated heterocycles. The molecule has 0 saturated carbocycles. The topological polar surface area (TPSA) is 112 Å². The molecule has 6 rings (SSSR count). The van der Waals surface area contributed by atoms with E-state index < -0.39 is 0 Å². The van der Waals surface area contributed by atoms with E-state index in [1.54, 1.807) is 28.4 Å². The number of halogens is 4. The number of rotatable bonds is 14. The van der Waals surface area contributed by atoms with E-state index in [-0.39, 0.29) is 26.3 Å². The van der Waals surface area contributed by atoms with Crippen molar-refractivity contribution in [2.75, 3.05) is 28.4 Å². The molecule has 356 valence electrons. The molecule has 0 aliphatic rings. The summed E-state index contributed by atoms with van der Waals surface area (Å²) in [7, 11) is 25.6. The summed E-state index contributed by atoms with van der Waals surface area (Å²) in [5.41, 5.74) is 16.6. The molecule has 6 aromatic rings. The minimum atomic E-state index is 0.194. The first-order valence-corrected chi connectivity index (χ1v) is 26.7. The normalized spacial score (nSPS) is 11.9. The fourth-order valence-electron chi connectivity index (χ4n) is 7.22. The molecule has 0 aliphatic carbocycles. The molecule has 0 aliphatic heterocycles. The van der Waals surface area contributed by atoms with Crippen LogP contribution in [-0.2, 0) is 32.7 Å². The molecule has 10 nitrogen and oxygen atoms in total. The standard InChI is InChI=1S/C51H54N6O4.4ClH.2Fe/c1-30-19-38(20-31(2)50(30)54-36(7)48-17-13-15-46(56-48)34(5)52-40-24-42(58-9)28-43(25-40)59-10)23-39-21-32(3)51(33(4)22-39)55-37(8)49-18-14-16-47(57-49)35(6)53-41-26-44(60-11)29-45(27-41)61-12;;;;;;/h13-22,24-29H,23H2,1-12H3;4*1H;;/q;;;;;2*+2/p-4. The van der Waals surface area contributed by atoms with E-state index in [2.05, 4.69) is 52.0 Å². The fourth-order valence-corrected chi connectivity index (χ4v) is 7.22. The summed E-state index contributed by atoms with van der Waals surface area (Å²) in [5, 5.41) is 0. The van der Waals surface area contributed by atoms with E-state index in [1.807, 2.05) is 100 Å². The summed E-state index contributed by atoms with van der Waals surface area (Å²) in [5.74, 6) is 2.70. The van der Waals surface area contributed by atoms with Gasteiger partial charge in [0.25, 0.3) is 0 Å². The number of benzene rings is 4. The van der Waals surface area contributed by atoms with Crippen molar-refractivity contribution in [1.82, 2.24) is 9.97 Å².